The van der Waals surface area contributed by atoms with Crippen LogP contribution in [0.2, 0.25) is 0 Å². The molecule has 1 heterocycles. The number of hydrogen-bond acceptors (Lipinski definition) is 2. The first kappa shape index (κ1) is 12.4. The molecule has 0 spiro atoms. The minimum Gasteiger partial charge on any atom is -0.350 e. The molecule has 0 atom stereocenters. The highest BCUT2D eigenvalue weighted by Crippen LogP contribution is 2.19. The van der Waals surface area contributed by atoms with E-state index < -0.39 is 0 Å². The number of benzene rings is 2. The maximum atomic E-state index is 12.6. The number of aromatic nitrogens is 1. The molecule has 3 heteroatoms. The van der Waals surface area contributed by atoms with Gasteiger partial charge in [0.25, 0.3) is 0 Å². The summed E-state index contributed by atoms with van der Waals surface area (Å²) in [7, 11) is 1.91. The fourth-order valence-electron chi connectivity index (χ4n) is 2.43. The molecular formula is C17H13NO2. The van der Waals surface area contributed by atoms with E-state index in [0.717, 1.165) is 17.4 Å². The summed E-state index contributed by atoms with van der Waals surface area (Å²) in [4.78, 5) is 23.5. The number of aldehydes is 1. The van der Waals surface area contributed by atoms with E-state index in [1.807, 2.05) is 48.1 Å². The van der Waals surface area contributed by atoms with Crippen LogP contribution in [-0.4, -0.2) is 10.9 Å². The van der Waals surface area contributed by atoms with Gasteiger partial charge in [0.15, 0.2) is 5.43 Å². The molecule has 0 amide bonds. The minimum atomic E-state index is -0.0123. The second kappa shape index (κ2) is 4.78. The number of aryl methyl sites for hydroxylation is 1. The summed E-state index contributed by atoms with van der Waals surface area (Å²) in [6, 6.07) is 14.6. The van der Waals surface area contributed by atoms with Crippen molar-refractivity contribution in [3.8, 4) is 11.1 Å². The summed E-state index contributed by atoms with van der Waals surface area (Å²) in [6.07, 6.45) is 2.60. The number of carbonyl (C=O) groups is 1. The van der Waals surface area contributed by atoms with Gasteiger partial charge in [-0.1, -0.05) is 30.3 Å². The van der Waals surface area contributed by atoms with Crippen molar-refractivity contribution < 1.29 is 4.79 Å². The number of hydrogen-bond donors (Lipinski definition) is 0. The zero-order valence-electron chi connectivity index (χ0n) is 11.0. The minimum absolute atomic E-state index is 0.0123. The van der Waals surface area contributed by atoms with Crippen LogP contribution in [0.3, 0.4) is 0 Å². The molecule has 20 heavy (non-hydrogen) atoms. The monoisotopic (exact) mass is 263 g/mol. The van der Waals surface area contributed by atoms with Gasteiger partial charge >= 0.3 is 0 Å². The third kappa shape index (κ3) is 1.93. The van der Waals surface area contributed by atoms with Crippen LogP contribution in [0.4, 0.5) is 0 Å². The maximum absolute atomic E-state index is 12.6. The molecule has 0 aliphatic carbocycles. The topological polar surface area (TPSA) is 39.1 Å². The molecule has 3 rings (SSSR count). The highest BCUT2D eigenvalue weighted by atomic mass is 16.1. The number of carbonyl (C=O) groups excluding carboxylic acids is 1. The van der Waals surface area contributed by atoms with E-state index in [-0.39, 0.29) is 5.43 Å². The van der Waals surface area contributed by atoms with Gasteiger partial charge in [0.05, 0.1) is 5.52 Å². The normalized spacial score (nSPS) is 10.7. The van der Waals surface area contributed by atoms with Crippen LogP contribution in [-0.2, 0) is 7.05 Å². The summed E-state index contributed by atoms with van der Waals surface area (Å²) in [5.74, 6) is 0. The zero-order chi connectivity index (χ0) is 14.1. The highest BCUT2D eigenvalue weighted by Gasteiger charge is 2.09. The molecule has 98 valence electrons. The molecule has 2 aromatic carbocycles. The quantitative estimate of drug-likeness (QED) is 0.667. The van der Waals surface area contributed by atoms with Crippen molar-refractivity contribution in [2.24, 2.45) is 7.05 Å². The van der Waals surface area contributed by atoms with Gasteiger partial charge in [0.2, 0.25) is 0 Å². The van der Waals surface area contributed by atoms with E-state index >= 15 is 0 Å². The van der Waals surface area contributed by atoms with Gasteiger partial charge in [-0.25, -0.2) is 0 Å². The number of fused-ring (bicyclic) bond motifs is 1. The predicted molar refractivity (Wildman–Crippen MR) is 80.0 cm³/mol. The van der Waals surface area contributed by atoms with Gasteiger partial charge in [-0.15, -0.1) is 0 Å². The molecule has 3 nitrogen and oxygen atoms in total. The van der Waals surface area contributed by atoms with Crippen molar-refractivity contribution in [3.63, 3.8) is 0 Å². The summed E-state index contributed by atoms with van der Waals surface area (Å²) in [6.45, 7) is 0. The Hall–Kier alpha value is -2.68. The van der Waals surface area contributed by atoms with Crippen molar-refractivity contribution in [1.29, 1.82) is 0 Å². The highest BCUT2D eigenvalue weighted by molar-refractivity contribution is 5.85. The van der Waals surface area contributed by atoms with Gasteiger partial charge < -0.3 is 4.57 Å². The third-order valence-electron chi connectivity index (χ3n) is 3.43. The van der Waals surface area contributed by atoms with E-state index in [1.165, 1.54) is 0 Å². The van der Waals surface area contributed by atoms with Gasteiger partial charge in [-0.3, -0.25) is 9.59 Å². The Morgan fingerprint density at radius 2 is 1.85 bits per heavy atom. The average Bonchev–Trinajstić information content (AvgIpc) is 2.51. The van der Waals surface area contributed by atoms with E-state index in [2.05, 4.69) is 0 Å². The largest absolute Gasteiger partial charge is 0.350 e. The smallest absolute Gasteiger partial charge is 0.197 e. The van der Waals surface area contributed by atoms with Crippen molar-refractivity contribution in [2.45, 2.75) is 0 Å². The molecule has 1 aromatic heterocycles. The van der Waals surface area contributed by atoms with Crippen molar-refractivity contribution in [3.05, 3.63) is 70.5 Å². The molecular weight excluding hydrogens is 250 g/mol. The number of nitrogens with zero attached hydrogens (tertiary/aromatic N) is 1. The molecule has 0 N–H and O–H groups in total. The first-order valence-corrected chi connectivity index (χ1v) is 6.34. The molecule has 0 radical (unpaired) electrons. The first-order valence-electron chi connectivity index (χ1n) is 6.34. The molecule has 3 aromatic rings. The van der Waals surface area contributed by atoms with Gasteiger partial charge in [0.1, 0.15) is 6.29 Å². The Balaban J connectivity index is 2.34. The van der Waals surface area contributed by atoms with Crippen LogP contribution in [0.15, 0.2) is 59.5 Å². The number of rotatable bonds is 2. The Kier molecular flexibility index (Phi) is 2.95. The lowest BCUT2D eigenvalue weighted by atomic mass is 10.0. The third-order valence-corrected chi connectivity index (χ3v) is 3.43. The molecule has 0 fully saturated rings. The van der Waals surface area contributed by atoms with E-state index in [1.54, 1.807) is 18.2 Å². The lowest BCUT2D eigenvalue weighted by Crippen LogP contribution is -2.10. The van der Waals surface area contributed by atoms with Crippen LogP contribution in [0, 0.1) is 0 Å². The Labute approximate surface area is 116 Å². The zero-order valence-corrected chi connectivity index (χ0v) is 11.0. The Morgan fingerprint density at radius 1 is 1.05 bits per heavy atom. The van der Waals surface area contributed by atoms with Crippen molar-refractivity contribution in [1.82, 2.24) is 4.57 Å². The summed E-state index contributed by atoms with van der Waals surface area (Å²) >= 11 is 0. The van der Waals surface area contributed by atoms with Crippen LogP contribution >= 0.6 is 0 Å². The standard InChI is InChI=1S/C17H13NO2/c1-18-10-15(13-6-4-5-12(9-13)11-19)17(20)14-7-2-3-8-16(14)18/h2-11H,1H3. The van der Waals surface area contributed by atoms with Gasteiger partial charge in [-0.05, 0) is 23.8 Å². The molecule has 0 unspecified atom stereocenters. The fraction of sp³-hybridized carbons (Fsp3) is 0.0588. The van der Waals surface area contributed by atoms with Crippen LogP contribution in [0.1, 0.15) is 10.4 Å². The Bertz CT molecular complexity index is 862. The summed E-state index contributed by atoms with van der Waals surface area (Å²) in [5.41, 5.74) is 2.82. The van der Waals surface area contributed by atoms with Crippen molar-refractivity contribution >= 4 is 17.2 Å². The first-order chi connectivity index (χ1) is 9.70. The SMILES string of the molecule is Cn1cc(-c2cccc(C=O)c2)c(=O)c2ccccc21. The van der Waals surface area contributed by atoms with Crippen molar-refractivity contribution in [2.75, 3.05) is 0 Å². The second-order valence-corrected chi connectivity index (χ2v) is 4.74. The lowest BCUT2D eigenvalue weighted by molar-refractivity contribution is 0.112. The predicted octanol–water partition coefficient (Wildman–Crippen LogP) is 3.02. The van der Waals surface area contributed by atoms with E-state index in [0.29, 0.717) is 16.5 Å². The Morgan fingerprint density at radius 3 is 2.65 bits per heavy atom. The number of pyridine rings is 1. The molecule has 0 aliphatic rings. The van der Waals surface area contributed by atoms with Gasteiger partial charge in [-0.2, -0.15) is 0 Å². The number of para-hydroxylation sites is 1. The summed E-state index contributed by atoms with van der Waals surface area (Å²) < 4.78 is 1.93. The summed E-state index contributed by atoms with van der Waals surface area (Å²) in [5, 5.41) is 0.684. The van der Waals surface area contributed by atoms with Crippen LogP contribution in [0.5, 0.6) is 0 Å². The second-order valence-electron chi connectivity index (χ2n) is 4.74. The van der Waals surface area contributed by atoms with E-state index in [4.69, 9.17) is 0 Å². The van der Waals surface area contributed by atoms with E-state index in [9.17, 15) is 9.59 Å². The molecule has 0 aliphatic heterocycles. The molecule has 0 bridgehead atoms. The average molecular weight is 263 g/mol. The molecule has 0 saturated carbocycles. The lowest BCUT2D eigenvalue weighted by Gasteiger charge is -2.09. The van der Waals surface area contributed by atoms with Crippen LogP contribution in [0.25, 0.3) is 22.0 Å². The van der Waals surface area contributed by atoms with Crippen LogP contribution < -0.4 is 5.43 Å². The fourth-order valence-corrected chi connectivity index (χ4v) is 2.43. The van der Waals surface area contributed by atoms with Gasteiger partial charge in [0, 0.05) is 29.8 Å². The molecule has 0 saturated heterocycles. The maximum Gasteiger partial charge on any atom is 0.197 e.